The van der Waals surface area contributed by atoms with Gasteiger partial charge in [-0.3, -0.25) is 9.78 Å². The fourth-order valence-corrected chi connectivity index (χ4v) is 4.09. The van der Waals surface area contributed by atoms with Gasteiger partial charge in [0.05, 0.1) is 16.1 Å². The first-order valence-electron chi connectivity index (χ1n) is 7.06. The summed E-state index contributed by atoms with van der Waals surface area (Å²) in [7, 11) is 0. The first kappa shape index (κ1) is 14.9. The van der Waals surface area contributed by atoms with Gasteiger partial charge >= 0.3 is 5.76 Å². The fraction of sp³-hybridized carbons (Fsp3) is 0.0625. The molecule has 0 aliphatic heterocycles. The number of hydrogen-bond donors (Lipinski definition) is 2. The number of aromatic amines is 1. The number of amides is 1. The average molecular weight is 357 g/mol. The number of thiophene rings is 1. The molecule has 0 bridgehead atoms. The van der Waals surface area contributed by atoms with E-state index in [0.717, 1.165) is 9.88 Å². The molecular formula is C16H11N3O3S2. The molecule has 2 N–H and O–H groups in total. The standard InChI is InChI=1S/C16H11N3O3S2/c1-8-13(24-15(17-8)12-3-2-6-23-12)14(20)18-9-4-5-11-10(7-9)19-16(21)22-11/h2-7H,1H3,(H,18,20)(H,19,21). The second-order valence-corrected chi connectivity index (χ2v) is 7.04. The lowest BCUT2D eigenvalue weighted by Crippen LogP contribution is -2.11. The maximum Gasteiger partial charge on any atom is 0.417 e. The van der Waals surface area contributed by atoms with E-state index in [4.69, 9.17) is 4.42 Å². The molecule has 3 heterocycles. The minimum atomic E-state index is -0.521. The minimum Gasteiger partial charge on any atom is -0.408 e. The monoisotopic (exact) mass is 357 g/mol. The topological polar surface area (TPSA) is 88.0 Å². The molecule has 1 amide bonds. The summed E-state index contributed by atoms with van der Waals surface area (Å²) in [5.74, 6) is -0.745. The zero-order valence-electron chi connectivity index (χ0n) is 12.5. The molecule has 0 saturated carbocycles. The van der Waals surface area contributed by atoms with Gasteiger partial charge in [0.2, 0.25) is 0 Å². The number of fused-ring (bicyclic) bond motifs is 1. The minimum absolute atomic E-state index is 0.224. The maximum atomic E-state index is 12.5. The van der Waals surface area contributed by atoms with E-state index in [0.29, 0.717) is 27.4 Å². The molecule has 1 aromatic carbocycles. The summed E-state index contributed by atoms with van der Waals surface area (Å²) >= 11 is 2.95. The number of carbonyl (C=O) groups excluding carboxylic acids is 1. The van der Waals surface area contributed by atoms with Crippen molar-refractivity contribution in [3.8, 4) is 9.88 Å². The Morgan fingerprint density at radius 1 is 1.33 bits per heavy atom. The summed E-state index contributed by atoms with van der Waals surface area (Å²) in [4.78, 5) is 32.4. The Bertz CT molecular complexity index is 1090. The fourth-order valence-electron chi connectivity index (χ4n) is 2.33. The molecule has 0 radical (unpaired) electrons. The van der Waals surface area contributed by atoms with Crippen LogP contribution in [0.3, 0.4) is 0 Å². The van der Waals surface area contributed by atoms with Crippen molar-refractivity contribution in [2.45, 2.75) is 6.92 Å². The van der Waals surface area contributed by atoms with Crippen LogP contribution in [0.4, 0.5) is 5.69 Å². The van der Waals surface area contributed by atoms with Crippen molar-refractivity contribution >= 4 is 45.4 Å². The molecule has 8 heteroatoms. The van der Waals surface area contributed by atoms with Gasteiger partial charge in [-0.15, -0.1) is 22.7 Å². The van der Waals surface area contributed by atoms with Crippen molar-refractivity contribution in [2.24, 2.45) is 0 Å². The normalized spacial score (nSPS) is 11.0. The number of aryl methyl sites for hydroxylation is 1. The van der Waals surface area contributed by atoms with Crippen LogP contribution in [0.15, 0.2) is 44.9 Å². The Morgan fingerprint density at radius 3 is 3.00 bits per heavy atom. The van der Waals surface area contributed by atoms with Crippen LogP contribution in [-0.2, 0) is 0 Å². The third kappa shape index (κ3) is 2.66. The van der Waals surface area contributed by atoms with Crippen LogP contribution >= 0.6 is 22.7 Å². The van der Waals surface area contributed by atoms with Crippen molar-refractivity contribution in [1.29, 1.82) is 0 Å². The van der Waals surface area contributed by atoms with Crippen molar-refractivity contribution in [1.82, 2.24) is 9.97 Å². The largest absolute Gasteiger partial charge is 0.417 e. The molecule has 0 saturated heterocycles. The number of nitrogens with one attached hydrogen (secondary N) is 2. The quantitative estimate of drug-likeness (QED) is 0.583. The molecule has 0 aliphatic carbocycles. The number of H-pyrrole nitrogens is 1. The zero-order chi connectivity index (χ0) is 16.7. The molecular weight excluding hydrogens is 346 g/mol. The number of anilines is 1. The molecule has 3 aromatic heterocycles. The summed E-state index contributed by atoms with van der Waals surface area (Å²) in [6, 6.07) is 8.92. The number of carbonyl (C=O) groups is 1. The van der Waals surface area contributed by atoms with Crippen molar-refractivity contribution in [3.05, 3.63) is 56.8 Å². The average Bonchev–Trinajstić information content (AvgIpc) is 3.24. The highest BCUT2D eigenvalue weighted by atomic mass is 32.1. The number of aromatic nitrogens is 2. The molecule has 0 spiro atoms. The number of nitrogens with zero attached hydrogens (tertiary/aromatic N) is 1. The Morgan fingerprint density at radius 2 is 2.21 bits per heavy atom. The molecule has 0 atom stereocenters. The molecule has 24 heavy (non-hydrogen) atoms. The van der Waals surface area contributed by atoms with Gasteiger partial charge in [-0.1, -0.05) is 6.07 Å². The number of thiazole rings is 1. The van der Waals surface area contributed by atoms with E-state index in [9.17, 15) is 9.59 Å². The zero-order valence-corrected chi connectivity index (χ0v) is 14.1. The molecule has 0 unspecified atom stereocenters. The summed E-state index contributed by atoms with van der Waals surface area (Å²) in [6.45, 7) is 1.82. The van der Waals surface area contributed by atoms with Gasteiger partial charge in [0.1, 0.15) is 9.88 Å². The number of benzene rings is 1. The number of rotatable bonds is 3. The summed E-state index contributed by atoms with van der Waals surface area (Å²) in [5, 5.41) is 5.64. The van der Waals surface area contributed by atoms with E-state index >= 15 is 0 Å². The summed E-state index contributed by atoms with van der Waals surface area (Å²) < 4.78 is 4.95. The molecule has 6 nitrogen and oxygen atoms in total. The van der Waals surface area contributed by atoms with E-state index in [1.165, 1.54) is 11.3 Å². The maximum absolute atomic E-state index is 12.5. The first-order chi connectivity index (χ1) is 11.6. The third-order valence-electron chi connectivity index (χ3n) is 3.41. The Kier molecular flexibility index (Phi) is 3.55. The molecule has 0 aliphatic rings. The Labute approximate surface area is 143 Å². The van der Waals surface area contributed by atoms with Gasteiger partial charge < -0.3 is 9.73 Å². The van der Waals surface area contributed by atoms with Crippen LogP contribution in [0.2, 0.25) is 0 Å². The highest BCUT2D eigenvalue weighted by Crippen LogP contribution is 2.31. The van der Waals surface area contributed by atoms with Crippen molar-refractivity contribution in [2.75, 3.05) is 5.32 Å². The van der Waals surface area contributed by atoms with E-state index in [2.05, 4.69) is 15.3 Å². The third-order valence-corrected chi connectivity index (χ3v) is 5.61. The molecule has 4 rings (SSSR count). The molecule has 0 fully saturated rings. The number of hydrogen-bond acceptors (Lipinski definition) is 6. The van der Waals surface area contributed by atoms with Gasteiger partial charge in [0, 0.05) is 5.69 Å². The van der Waals surface area contributed by atoms with E-state index in [1.807, 2.05) is 24.4 Å². The van der Waals surface area contributed by atoms with Gasteiger partial charge in [0.15, 0.2) is 5.58 Å². The Balaban J connectivity index is 1.62. The predicted octanol–water partition coefficient (Wildman–Crippen LogP) is 3.87. The first-order valence-corrected chi connectivity index (χ1v) is 8.75. The lowest BCUT2D eigenvalue weighted by atomic mass is 10.2. The summed E-state index contributed by atoms with van der Waals surface area (Å²) in [6.07, 6.45) is 0. The number of oxazole rings is 1. The SMILES string of the molecule is Cc1nc(-c2cccs2)sc1C(=O)Nc1ccc2oc(=O)[nH]c2c1. The van der Waals surface area contributed by atoms with Crippen LogP contribution in [0, 0.1) is 6.92 Å². The molecule has 120 valence electrons. The lowest BCUT2D eigenvalue weighted by molar-refractivity contribution is 0.103. The second-order valence-electron chi connectivity index (χ2n) is 5.09. The van der Waals surface area contributed by atoms with E-state index < -0.39 is 5.76 Å². The van der Waals surface area contributed by atoms with Crippen molar-refractivity contribution in [3.63, 3.8) is 0 Å². The van der Waals surface area contributed by atoms with Crippen molar-refractivity contribution < 1.29 is 9.21 Å². The van der Waals surface area contributed by atoms with Crippen LogP contribution in [0.5, 0.6) is 0 Å². The predicted molar refractivity (Wildman–Crippen MR) is 95.0 cm³/mol. The summed E-state index contributed by atoms with van der Waals surface area (Å²) in [5.41, 5.74) is 2.26. The van der Waals surface area contributed by atoms with Gasteiger partial charge in [-0.05, 0) is 36.6 Å². The van der Waals surface area contributed by atoms with Gasteiger partial charge in [0.25, 0.3) is 5.91 Å². The Hall–Kier alpha value is -2.71. The van der Waals surface area contributed by atoms with Crippen LogP contribution in [0.25, 0.3) is 21.0 Å². The van der Waals surface area contributed by atoms with Gasteiger partial charge in [-0.25, -0.2) is 9.78 Å². The van der Waals surface area contributed by atoms with Crippen LogP contribution in [-0.4, -0.2) is 15.9 Å². The smallest absolute Gasteiger partial charge is 0.408 e. The highest BCUT2D eigenvalue weighted by molar-refractivity contribution is 7.22. The van der Waals surface area contributed by atoms with E-state index in [1.54, 1.807) is 29.5 Å². The lowest BCUT2D eigenvalue weighted by Gasteiger charge is -2.03. The highest BCUT2D eigenvalue weighted by Gasteiger charge is 2.17. The van der Waals surface area contributed by atoms with Crippen LogP contribution in [0.1, 0.15) is 15.4 Å². The molecule has 4 aromatic rings. The second kappa shape index (κ2) is 5.73. The van der Waals surface area contributed by atoms with Crippen LogP contribution < -0.4 is 11.1 Å². The van der Waals surface area contributed by atoms with Gasteiger partial charge in [-0.2, -0.15) is 0 Å². The van der Waals surface area contributed by atoms with E-state index in [-0.39, 0.29) is 5.91 Å².